The minimum absolute atomic E-state index is 0.109. The highest BCUT2D eigenvalue weighted by Crippen LogP contribution is 2.22. The summed E-state index contributed by atoms with van der Waals surface area (Å²) in [7, 11) is 0. The van der Waals surface area contributed by atoms with Crippen LogP contribution >= 0.6 is 0 Å². The number of Topliss-reactive ketones (excluding diaryl/α,β-unsaturated/α-hetero) is 1. The Morgan fingerprint density at radius 2 is 1.77 bits per heavy atom. The number of ketones is 1. The molecule has 1 unspecified atom stereocenters. The molecule has 1 amide bonds. The van der Waals surface area contributed by atoms with E-state index in [9.17, 15) is 18.8 Å². The van der Waals surface area contributed by atoms with Crippen LogP contribution in [0.2, 0.25) is 0 Å². The topological polar surface area (TPSA) is 87.6 Å². The first-order valence-electron chi connectivity index (χ1n) is 8.24. The fourth-order valence-electron chi connectivity index (χ4n) is 3.05. The second kappa shape index (κ2) is 7.43. The molecule has 1 atom stereocenters. The third kappa shape index (κ3) is 3.77. The molecule has 2 heterocycles. The summed E-state index contributed by atoms with van der Waals surface area (Å²) < 4.78 is 13.0. The molecule has 1 N–H and O–H groups in total. The summed E-state index contributed by atoms with van der Waals surface area (Å²) in [6.45, 7) is 0.794. The average molecular weight is 356 g/mol. The normalized spacial score (nSPS) is 17.0. The number of carboxylic acids is 1. The van der Waals surface area contributed by atoms with Gasteiger partial charge in [0.1, 0.15) is 11.5 Å². The van der Waals surface area contributed by atoms with Crippen LogP contribution in [-0.4, -0.2) is 45.7 Å². The molecule has 0 spiro atoms. The van der Waals surface area contributed by atoms with Gasteiger partial charge in [-0.1, -0.05) is 0 Å². The lowest BCUT2D eigenvalue weighted by Gasteiger charge is -2.32. The van der Waals surface area contributed by atoms with Crippen molar-refractivity contribution in [3.8, 4) is 0 Å². The van der Waals surface area contributed by atoms with Crippen LogP contribution in [0.5, 0.6) is 0 Å². The Morgan fingerprint density at radius 3 is 2.38 bits per heavy atom. The molecule has 6 nitrogen and oxygen atoms in total. The van der Waals surface area contributed by atoms with Gasteiger partial charge in [-0.3, -0.25) is 9.59 Å². The van der Waals surface area contributed by atoms with Crippen molar-refractivity contribution < 1.29 is 23.9 Å². The van der Waals surface area contributed by atoms with Crippen molar-refractivity contribution in [3.05, 3.63) is 65.2 Å². The van der Waals surface area contributed by atoms with E-state index in [0.29, 0.717) is 24.9 Å². The van der Waals surface area contributed by atoms with Crippen molar-refractivity contribution in [1.29, 1.82) is 0 Å². The smallest absolute Gasteiger partial charge is 0.354 e. The maximum Gasteiger partial charge on any atom is 0.354 e. The number of hydrogen-bond acceptors (Lipinski definition) is 4. The Kier molecular flexibility index (Phi) is 5.06. The molecule has 1 aliphatic rings. The Balaban J connectivity index is 1.71. The number of carbonyl (C=O) groups is 3. The number of halogens is 1. The zero-order valence-electron chi connectivity index (χ0n) is 13.9. The largest absolute Gasteiger partial charge is 0.477 e. The van der Waals surface area contributed by atoms with Crippen LogP contribution < -0.4 is 0 Å². The van der Waals surface area contributed by atoms with Gasteiger partial charge in [-0.2, -0.15) is 0 Å². The first-order chi connectivity index (χ1) is 12.5. The lowest BCUT2D eigenvalue weighted by atomic mass is 9.89. The number of aromatic nitrogens is 1. The van der Waals surface area contributed by atoms with E-state index in [-0.39, 0.29) is 35.4 Å². The number of benzene rings is 1. The fourth-order valence-corrected chi connectivity index (χ4v) is 3.05. The van der Waals surface area contributed by atoms with Gasteiger partial charge in [-0.05, 0) is 49.2 Å². The molecular weight excluding hydrogens is 339 g/mol. The van der Waals surface area contributed by atoms with E-state index >= 15 is 0 Å². The van der Waals surface area contributed by atoms with Gasteiger partial charge in [0, 0.05) is 30.8 Å². The van der Waals surface area contributed by atoms with Crippen LogP contribution in [0, 0.1) is 11.7 Å². The number of rotatable bonds is 4. The van der Waals surface area contributed by atoms with Gasteiger partial charge >= 0.3 is 5.97 Å². The standard InChI is InChI=1S/C19H17FN2O4/c20-15-6-3-12(4-7-15)17(23)14-2-1-9-22(11-14)18(24)13-5-8-16(19(25)26)21-10-13/h3-8,10,14H,1-2,9,11H2,(H,25,26). The summed E-state index contributed by atoms with van der Waals surface area (Å²) in [4.78, 5) is 41.4. The monoisotopic (exact) mass is 356 g/mol. The minimum Gasteiger partial charge on any atom is -0.477 e. The number of likely N-dealkylation sites (tertiary alicyclic amines) is 1. The first-order valence-corrected chi connectivity index (χ1v) is 8.24. The van der Waals surface area contributed by atoms with Gasteiger partial charge in [-0.15, -0.1) is 0 Å². The van der Waals surface area contributed by atoms with E-state index < -0.39 is 11.8 Å². The molecule has 26 heavy (non-hydrogen) atoms. The number of hydrogen-bond donors (Lipinski definition) is 1. The predicted molar refractivity (Wildman–Crippen MR) is 90.6 cm³/mol. The third-order valence-electron chi connectivity index (χ3n) is 4.44. The summed E-state index contributed by atoms with van der Waals surface area (Å²) in [5.41, 5.74) is 0.576. The molecule has 0 saturated carbocycles. The molecule has 1 aromatic heterocycles. The van der Waals surface area contributed by atoms with Crippen LogP contribution in [0.25, 0.3) is 0 Å². The minimum atomic E-state index is -1.16. The van der Waals surface area contributed by atoms with Gasteiger partial charge in [0.25, 0.3) is 5.91 Å². The second-order valence-corrected chi connectivity index (χ2v) is 6.20. The molecule has 1 aromatic carbocycles. The molecule has 7 heteroatoms. The van der Waals surface area contributed by atoms with Crippen molar-refractivity contribution in [2.45, 2.75) is 12.8 Å². The number of pyridine rings is 1. The van der Waals surface area contributed by atoms with E-state index in [4.69, 9.17) is 5.11 Å². The van der Waals surface area contributed by atoms with Gasteiger partial charge in [0.05, 0.1) is 5.56 Å². The molecule has 1 aliphatic heterocycles. The zero-order chi connectivity index (χ0) is 18.7. The molecule has 3 rings (SSSR count). The lowest BCUT2D eigenvalue weighted by Crippen LogP contribution is -2.42. The van der Waals surface area contributed by atoms with Gasteiger partial charge < -0.3 is 10.0 Å². The predicted octanol–water partition coefficient (Wildman–Crippen LogP) is 2.65. The van der Waals surface area contributed by atoms with Crippen molar-refractivity contribution >= 4 is 17.7 Å². The fraction of sp³-hybridized carbons (Fsp3) is 0.263. The highest BCUT2D eigenvalue weighted by Gasteiger charge is 2.29. The maximum absolute atomic E-state index is 13.0. The summed E-state index contributed by atoms with van der Waals surface area (Å²) >= 11 is 0. The van der Waals surface area contributed by atoms with E-state index in [1.807, 2.05) is 0 Å². The number of piperidine rings is 1. The summed E-state index contributed by atoms with van der Waals surface area (Å²) in [6, 6.07) is 8.09. The average Bonchev–Trinajstić information content (AvgIpc) is 2.67. The van der Waals surface area contributed by atoms with Crippen molar-refractivity contribution in [2.24, 2.45) is 5.92 Å². The summed E-state index contributed by atoms with van der Waals surface area (Å²) in [5, 5.41) is 8.87. The molecular formula is C19H17FN2O4. The third-order valence-corrected chi connectivity index (χ3v) is 4.44. The van der Waals surface area contributed by atoms with Crippen LogP contribution in [-0.2, 0) is 0 Å². The van der Waals surface area contributed by atoms with E-state index in [1.54, 1.807) is 4.90 Å². The Bertz CT molecular complexity index is 834. The molecule has 1 saturated heterocycles. The molecule has 0 radical (unpaired) electrons. The SMILES string of the molecule is O=C(O)c1ccc(C(=O)N2CCCC(C(=O)c3ccc(F)cc3)C2)cn1. The van der Waals surface area contributed by atoms with E-state index in [1.165, 1.54) is 42.6 Å². The quantitative estimate of drug-likeness (QED) is 0.851. The Hall–Kier alpha value is -3.09. The van der Waals surface area contributed by atoms with Crippen LogP contribution in [0.4, 0.5) is 4.39 Å². The summed E-state index contributed by atoms with van der Waals surface area (Å²) in [5.74, 6) is -2.30. The highest BCUT2D eigenvalue weighted by atomic mass is 19.1. The number of aromatic carboxylic acids is 1. The number of nitrogens with zero attached hydrogens (tertiary/aromatic N) is 2. The lowest BCUT2D eigenvalue weighted by molar-refractivity contribution is 0.0631. The maximum atomic E-state index is 13.0. The zero-order valence-corrected chi connectivity index (χ0v) is 13.9. The molecule has 0 bridgehead atoms. The van der Waals surface area contributed by atoms with Crippen molar-refractivity contribution in [1.82, 2.24) is 9.88 Å². The van der Waals surface area contributed by atoms with Gasteiger partial charge in [0.2, 0.25) is 0 Å². The van der Waals surface area contributed by atoms with Gasteiger partial charge in [0.15, 0.2) is 5.78 Å². The van der Waals surface area contributed by atoms with E-state index in [2.05, 4.69) is 4.98 Å². The van der Waals surface area contributed by atoms with Crippen LogP contribution in [0.1, 0.15) is 44.0 Å². The summed E-state index contributed by atoms with van der Waals surface area (Å²) in [6.07, 6.45) is 2.58. The molecule has 134 valence electrons. The van der Waals surface area contributed by atoms with Crippen LogP contribution in [0.15, 0.2) is 42.6 Å². The van der Waals surface area contributed by atoms with E-state index in [0.717, 1.165) is 0 Å². The highest BCUT2D eigenvalue weighted by molar-refractivity contribution is 5.99. The number of amides is 1. The Labute approximate surface area is 149 Å². The Morgan fingerprint density at radius 1 is 1.08 bits per heavy atom. The second-order valence-electron chi connectivity index (χ2n) is 6.20. The first kappa shape index (κ1) is 17.7. The van der Waals surface area contributed by atoms with Crippen LogP contribution in [0.3, 0.4) is 0 Å². The van der Waals surface area contributed by atoms with Gasteiger partial charge in [-0.25, -0.2) is 14.2 Å². The number of carboxylic acid groups (broad SMARTS) is 1. The molecule has 1 fully saturated rings. The number of carbonyl (C=O) groups excluding carboxylic acids is 2. The van der Waals surface area contributed by atoms with Crippen molar-refractivity contribution in [3.63, 3.8) is 0 Å². The molecule has 0 aliphatic carbocycles. The van der Waals surface area contributed by atoms with Crippen molar-refractivity contribution in [2.75, 3.05) is 13.1 Å². The molecule has 2 aromatic rings.